The van der Waals surface area contributed by atoms with Crippen molar-refractivity contribution in [2.24, 2.45) is 5.92 Å². The first-order chi connectivity index (χ1) is 6.99. The number of ketones is 1. The molecule has 84 valence electrons. The van der Waals surface area contributed by atoms with Crippen LogP contribution in [-0.2, 0) is 11.2 Å². The molecule has 1 aromatic heterocycles. The number of nitrogens with zero attached hydrogens (tertiary/aromatic N) is 2. The Balaban J connectivity index is 2.53. The fourth-order valence-corrected chi connectivity index (χ4v) is 1.69. The Kier molecular flexibility index (Phi) is 4.06. The summed E-state index contributed by atoms with van der Waals surface area (Å²) < 4.78 is 1.95. The maximum atomic E-state index is 10.9. The molecule has 15 heavy (non-hydrogen) atoms. The molecule has 0 saturated carbocycles. The molecule has 0 fully saturated rings. The van der Waals surface area contributed by atoms with Crippen molar-refractivity contribution < 1.29 is 4.79 Å². The van der Waals surface area contributed by atoms with E-state index in [9.17, 15) is 4.79 Å². The number of hydrogen-bond donors (Lipinski definition) is 0. The van der Waals surface area contributed by atoms with Gasteiger partial charge >= 0.3 is 0 Å². The first-order valence-electron chi connectivity index (χ1n) is 5.52. The zero-order chi connectivity index (χ0) is 11.4. The zero-order valence-corrected chi connectivity index (χ0v) is 10.0. The third-order valence-corrected chi connectivity index (χ3v) is 2.39. The van der Waals surface area contributed by atoms with E-state index in [4.69, 9.17) is 0 Å². The minimum absolute atomic E-state index is 0.255. The molecule has 0 aliphatic carbocycles. The van der Waals surface area contributed by atoms with Crippen LogP contribution in [0.25, 0.3) is 0 Å². The lowest BCUT2D eigenvalue weighted by molar-refractivity contribution is -0.117. The van der Waals surface area contributed by atoms with Crippen LogP contribution in [0.4, 0.5) is 0 Å². The van der Waals surface area contributed by atoms with E-state index in [1.165, 1.54) is 0 Å². The summed E-state index contributed by atoms with van der Waals surface area (Å²) in [6.45, 7) is 7.95. The van der Waals surface area contributed by atoms with Gasteiger partial charge < -0.3 is 4.79 Å². The van der Waals surface area contributed by atoms with Crippen molar-refractivity contribution in [3.63, 3.8) is 0 Å². The van der Waals surface area contributed by atoms with Gasteiger partial charge in [-0.25, -0.2) is 0 Å². The van der Waals surface area contributed by atoms with Gasteiger partial charge in [-0.15, -0.1) is 0 Å². The quantitative estimate of drug-likeness (QED) is 0.745. The summed E-state index contributed by atoms with van der Waals surface area (Å²) in [5.41, 5.74) is 1.08. The van der Waals surface area contributed by atoms with Crippen LogP contribution in [0, 0.1) is 5.92 Å². The van der Waals surface area contributed by atoms with Crippen molar-refractivity contribution in [3.8, 4) is 0 Å². The standard InChI is InChI=1S/C12H20N2O/c1-9(2)14-6-5-12(13-14)8-10(3)7-11(4)15/h5-6,9-10H,7-8H2,1-4H3. The highest BCUT2D eigenvalue weighted by atomic mass is 16.1. The molecule has 0 bridgehead atoms. The van der Waals surface area contributed by atoms with Gasteiger partial charge in [0.15, 0.2) is 0 Å². The van der Waals surface area contributed by atoms with E-state index in [0.29, 0.717) is 18.4 Å². The van der Waals surface area contributed by atoms with Crippen LogP contribution in [-0.4, -0.2) is 15.6 Å². The molecule has 3 heteroatoms. The molecule has 1 aromatic rings. The summed E-state index contributed by atoms with van der Waals surface area (Å²) in [6.07, 6.45) is 3.54. The number of rotatable bonds is 5. The van der Waals surface area contributed by atoms with Crippen molar-refractivity contribution in [2.75, 3.05) is 0 Å². The molecule has 0 radical (unpaired) electrons. The fourth-order valence-electron chi connectivity index (χ4n) is 1.69. The zero-order valence-electron chi connectivity index (χ0n) is 10.0. The third-order valence-electron chi connectivity index (χ3n) is 2.39. The molecule has 0 spiro atoms. The molecule has 0 N–H and O–H groups in total. The highest BCUT2D eigenvalue weighted by Crippen LogP contribution is 2.12. The van der Waals surface area contributed by atoms with E-state index in [1.54, 1.807) is 6.92 Å². The number of Topliss-reactive ketones (excluding diaryl/α,β-unsaturated/α-hetero) is 1. The lowest BCUT2D eigenvalue weighted by Gasteiger charge is -2.07. The van der Waals surface area contributed by atoms with Gasteiger partial charge in [0.1, 0.15) is 5.78 Å². The largest absolute Gasteiger partial charge is 0.300 e. The number of carbonyl (C=O) groups is 1. The fraction of sp³-hybridized carbons (Fsp3) is 0.667. The number of hydrogen-bond acceptors (Lipinski definition) is 2. The second-order valence-electron chi connectivity index (χ2n) is 4.60. The van der Waals surface area contributed by atoms with E-state index in [-0.39, 0.29) is 5.78 Å². The molecule has 3 nitrogen and oxygen atoms in total. The number of carbonyl (C=O) groups excluding carboxylic acids is 1. The summed E-state index contributed by atoms with van der Waals surface area (Å²) in [7, 11) is 0. The van der Waals surface area contributed by atoms with Crippen LogP contribution in [0.2, 0.25) is 0 Å². The lowest BCUT2D eigenvalue weighted by atomic mass is 10.00. The molecule has 0 aliphatic heterocycles. The van der Waals surface area contributed by atoms with E-state index in [2.05, 4.69) is 25.9 Å². The van der Waals surface area contributed by atoms with Gasteiger partial charge in [0.2, 0.25) is 0 Å². The minimum atomic E-state index is 0.255. The van der Waals surface area contributed by atoms with Gasteiger partial charge in [0, 0.05) is 18.7 Å². The summed E-state index contributed by atoms with van der Waals surface area (Å²) in [5, 5.41) is 4.46. The average Bonchev–Trinajstić information content (AvgIpc) is 2.50. The molecule has 0 aromatic carbocycles. The lowest BCUT2D eigenvalue weighted by Crippen LogP contribution is -2.07. The maximum Gasteiger partial charge on any atom is 0.130 e. The predicted molar refractivity (Wildman–Crippen MR) is 60.8 cm³/mol. The predicted octanol–water partition coefficient (Wildman–Crippen LogP) is 2.62. The molecule has 0 aliphatic rings. The molecule has 1 heterocycles. The molecular formula is C12H20N2O. The van der Waals surface area contributed by atoms with Crippen LogP contribution in [0.3, 0.4) is 0 Å². The highest BCUT2D eigenvalue weighted by molar-refractivity contribution is 5.75. The number of aromatic nitrogens is 2. The Morgan fingerprint density at radius 2 is 2.13 bits per heavy atom. The normalized spacial score (nSPS) is 13.1. The van der Waals surface area contributed by atoms with Crippen LogP contribution in [0.15, 0.2) is 12.3 Å². The topological polar surface area (TPSA) is 34.9 Å². The van der Waals surface area contributed by atoms with Crippen LogP contribution < -0.4 is 0 Å². The first kappa shape index (κ1) is 12.0. The van der Waals surface area contributed by atoms with E-state index < -0.39 is 0 Å². The van der Waals surface area contributed by atoms with E-state index in [1.807, 2.05) is 16.9 Å². The Morgan fingerprint density at radius 1 is 1.47 bits per heavy atom. The van der Waals surface area contributed by atoms with Gasteiger partial charge in [-0.2, -0.15) is 5.10 Å². The van der Waals surface area contributed by atoms with Crippen molar-refractivity contribution in [2.45, 2.75) is 46.6 Å². The van der Waals surface area contributed by atoms with Gasteiger partial charge in [-0.1, -0.05) is 6.92 Å². The highest BCUT2D eigenvalue weighted by Gasteiger charge is 2.09. The van der Waals surface area contributed by atoms with Crippen LogP contribution >= 0.6 is 0 Å². The van der Waals surface area contributed by atoms with E-state index >= 15 is 0 Å². The Hall–Kier alpha value is -1.12. The van der Waals surface area contributed by atoms with Crippen LogP contribution in [0.5, 0.6) is 0 Å². The SMILES string of the molecule is CC(=O)CC(C)Cc1ccn(C(C)C)n1. The van der Waals surface area contributed by atoms with Crippen molar-refractivity contribution in [3.05, 3.63) is 18.0 Å². The minimum Gasteiger partial charge on any atom is -0.300 e. The van der Waals surface area contributed by atoms with Gasteiger partial charge in [0.05, 0.1) is 5.69 Å². The molecule has 1 atom stereocenters. The summed E-state index contributed by atoms with van der Waals surface area (Å²) in [5.74, 6) is 0.642. The third kappa shape index (κ3) is 3.86. The second kappa shape index (κ2) is 5.10. The van der Waals surface area contributed by atoms with Gasteiger partial charge in [-0.05, 0) is 39.2 Å². The summed E-state index contributed by atoms with van der Waals surface area (Å²) in [6, 6.07) is 2.44. The Bertz CT molecular complexity index is 328. The van der Waals surface area contributed by atoms with Crippen molar-refractivity contribution in [1.82, 2.24) is 9.78 Å². The summed E-state index contributed by atoms with van der Waals surface area (Å²) >= 11 is 0. The van der Waals surface area contributed by atoms with E-state index in [0.717, 1.165) is 12.1 Å². The van der Waals surface area contributed by atoms with Gasteiger partial charge in [-0.3, -0.25) is 4.68 Å². The molecule has 0 amide bonds. The summed E-state index contributed by atoms with van der Waals surface area (Å²) in [4.78, 5) is 10.9. The average molecular weight is 208 g/mol. The van der Waals surface area contributed by atoms with Gasteiger partial charge in [0.25, 0.3) is 0 Å². The molecule has 0 saturated heterocycles. The Labute approximate surface area is 91.5 Å². The monoisotopic (exact) mass is 208 g/mol. The first-order valence-corrected chi connectivity index (χ1v) is 5.52. The molecule has 1 unspecified atom stereocenters. The molecule has 1 rings (SSSR count). The second-order valence-corrected chi connectivity index (χ2v) is 4.60. The van der Waals surface area contributed by atoms with Crippen LogP contribution in [0.1, 0.15) is 45.9 Å². The molecular weight excluding hydrogens is 188 g/mol. The van der Waals surface area contributed by atoms with Crippen molar-refractivity contribution >= 4 is 5.78 Å². The Morgan fingerprint density at radius 3 is 2.60 bits per heavy atom. The maximum absolute atomic E-state index is 10.9. The van der Waals surface area contributed by atoms with Crippen molar-refractivity contribution in [1.29, 1.82) is 0 Å². The smallest absolute Gasteiger partial charge is 0.130 e.